The van der Waals surface area contributed by atoms with Crippen molar-refractivity contribution < 1.29 is 14.3 Å². The third kappa shape index (κ3) is 3.47. The molecule has 0 fully saturated rings. The molecule has 1 aliphatic rings. The van der Waals surface area contributed by atoms with Crippen LogP contribution in [0.4, 0.5) is 11.4 Å². The quantitative estimate of drug-likeness (QED) is 0.616. The van der Waals surface area contributed by atoms with Crippen LogP contribution in [-0.4, -0.2) is 25.5 Å². The number of amides is 2. The number of nitrogens with one attached hydrogen (secondary N) is 1. The molecule has 6 heteroatoms. The number of carbonyl (C=O) groups excluding carboxylic acids is 2. The van der Waals surface area contributed by atoms with Gasteiger partial charge in [-0.3, -0.25) is 9.59 Å². The lowest BCUT2D eigenvalue weighted by Crippen LogP contribution is -2.28. The van der Waals surface area contributed by atoms with Crippen molar-refractivity contribution in [3.8, 4) is 11.8 Å². The van der Waals surface area contributed by atoms with Crippen molar-refractivity contribution in [2.75, 3.05) is 23.9 Å². The van der Waals surface area contributed by atoms with Gasteiger partial charge >= 0.3 is 0 Å². The number of carbonyl (C=O) groups is 2. The molecule has 0 aliphatic carbocycles. The summed E-state index contributed by atoms with van der Waals surface area (Å²) in [6, 6.07) is 16.1. The van der Waals surface area contributed by atoms with E-state index in [1.54, 1.807) is 41.3 Å². The molecule has 0 saturated heterocycles. The first kappa shape index (κ1) is 19.2. The summed E-state index contributed by atoms with van der Waals surface area (Å²) < 4.78 is 5.23. The van der Waals surface area contributed by atoms with Crippen molar-refractivity contribution in [2.45, 2.75) is 19.8 Å². The fraction of sp³-hybridized carbons (Fsp3) is 0.227. The van der Waals surface area contributed by atoms with Gasteiger partial charge in [-0.05, 0) is 24.6 Å². The fourth-order valence-corrected chi connectivity index (χ4v) is 3.21. The molecule has 1 N–H and O–H groups in total. The smallest absolute Gasteiger partial charge is 0.267 e. The molecular weight excluding hydrogens is 354 g/mol. The number of rotatable bonds is 6. The summed E-state index contributed by atoms with van der Waals surface area (Å²) in [6.07, 6.45) is 1.77. The third-order valence-electron chi connectivity index (χ3n) is 4.60. The molecule has 0 atom stereocenters. The van der Waals surface area contributed by atoms with Crippen LogP contribution in [0, 0.1) is 11.3 Å². The predicted molar refractivity (Wildman–Crippen MR) is 108 cm³/mol. The van der Waals surface area contributed by atoms with E-state index >= 15 is 0 Å². The Morgan fingerprint density at radius 2 is 1.89 bits per heavy atom. The fourth-order valence-electron chi connectivity index (χ4n) is 3.21. The van der Waals surface area contributed by atoms with Crippen molar-refractivity contribution in [3.63, 3.8) is 0 Å². The van der Waals surface area contributed by atoms with Gasteiger partial charge in [-0.2, -0.15) is 5.26 Å². The Bertz CT molecular complexity index is 989. The second-order valence-electron chi connectivity index (χ2n) is 6.34. The maximum atomic E-state index is 13.1. The van der Waals surface area contributed by atoms with Crippen LogP contribution in [0.2, 0.25) is 0 Å². The number of para-hydroxylation sites is 3. The molecule has 2 aromatic carbocycles. The summed E-state index contributed by atoms with van der Waals surface area (Å²) in [4.78, 5) is 27.6. The van der Waals surface area contributed by atoms with Gasteiger partial charge in [0.1, 0.15) is 17.4 Å². The lowest BCUT2D eigenvalue weighted by atomic mass is 10.0. The summed E-state index contributed by atoms with van der Waals surface area (Å²) in [6.45, 7) is 2.59. The molecule has 0 saturated carbocycles. The highest BCUT2D eigenvalue weighted by atomic mass is 16.5. The number of nitrogens with zero attached hydrogens (tertiary/aromatic N) is 2. The zero-order valence-electron chi connectivity index (χ0n) is 15.9. The molecule has 2 aromatic rings. The maximum absolute atomic E-state index is 13.1. The molecular formula is C22H21N3O3. The summed E-state index contributed by atoms with van der Waals surface area (Å²) in [7, 11) is 1.50. The van der Waals surface area contributed by atoms with Crippen LogP contribution in [-0.2, 0) is 9.59 Å². The van der Waals surface area contributed by atoms with Crippen molar-refractivity contribution in [3.05, 3.63) is 59.7 Å². The molecule has 0 unspecified atom stereocenters. The highest BCUT2D eigenvalue weighted by Crippen LogP contribution is 2.38. The van der Waals surface area contributed by atoms with E-state index in [0.717, 1.165) is 18.5 Å². The average molecular weight is 375 g/mol. The zero-order chi connectivity index (χ0) is 20.1. The SMILES string of the molecule is CCCCN1C(=O)/C(=C(\C#N)C(=O)Nc2ccccc2OC)c2ccccc21. The standard InChI is InChI=1S/C22H21N3O3/c1-3-4-13-25-18-11-7-5-9-15(18)20(22(25)27)16(14-23)21(26)24-17-10-6-8-12-19(17)28-2/h5-12H,3-4,13H2,1-2H3,(H,24,26)/b20-16+. The van der Waals surface area contributed by atoms with Crippen LogP contribution in [0.1, 0.15) is 25.3 Å². The Labute approximate surface area is 164 Å². The number of hydrogen-bond acceptors (Lipinski definition) is 4. The van der Waals surface area contributed by atoms with Crippen LogP contribution in [0.3, 0.4) is 0 Å². The van der Waals surface area contributed by atoms with Gasteiger partial charge in [0.2, 0.25) is 0 Å². The number of anilines is 2. The first-order valence-corrected chi connectivity index (χ1v) is 9.12. The largest absolute Gasteiger partial charge is 0.495 e. The Morgan fingerprint density at radius 3 is 2.61 bits per heavy atom. The Balaban J connectivity index is 2.03. The lowest BCUT2D eigenvalue weighted by molar-refractivity contribution is -0.114. The Kier molecular flexibility index (Phi) is 5.75. The molecule has 1 heterocycles. The highest BCUT2D eigenvalue weighted by Gasteiger charge is 2.36. The summed E-state index contributed by atoms with van der Waals surface area (Å²) in [5.41, 5.74) is 1.71. The Hall–Kier alpha value is -3.59. The van der Waals surface area contributed by atoms with E-state index in [1.807, 2.05) is 25.1 Å². The van der Waals surface area contributed by atoms with E-state index in [1.165, 1.54) is 7.11 Å². The highest BCUT2D eigenvalue weighted by molar-refractivity contribution is 6.37. The van der Waals surface area contributed by atoms with Gasteiger partial charge in [0.15, 0.2) is 0 Å². The van der Waals surface area contributed by atoms with E-state index in [-0.39, 0.29) is 17.1 Å². The normalized spacial score (nSPS) is 14.3. The summed E-state index contributed by atoms with van der Waals surface area (Å²) >= 11 is 0. The molecule has 0 bridgehead atoms. The first-order valence-electron chi connectivity index (χ1n) is 9.12. The molecule has 6 nitrogen and oxygen atoms in total. The van der Waals surface area contributed by atoms with E-state index in [9.17, 15) is 14.9 Å². The topological polar surface area (TPSA) is 82.4 Å². The van der Waals surface area contributed by atoms with Gasteiger partial charge in [0.05, 0.1) is 24.1 Å². The summed E-state index contributed by atoms with van der Waals surface area (Å²) in [5, 5.41) is 12.4. The molecule has 2 amide bonds. The molecule has 28 heavy (non-hydrogen) atoms. The molecule has 1 aliphatic heterocycles. The number of fused-ring (bicyclic) bond motifs is 1. The second-order valence-corrected chi connectivity index (χ2v) is 6.34. The lowest BCUT2D eigenvalue weighted by Gasteiger charge is -2.16. The van der Waals surface area contributed by atoms with Crippen LogP contribution in [0.15, 0.2) is 54.1 Å². The minimum atomic E-state index is -0.637. The monoisotopic (exact) mass is 375 g/mol. The Morgan fingerprint density at radius 1 is 1.18 bits per heavy atom. The van der Waals surface area contributed by atoms with Crippen LogP contribution < -0.4 is 15.0 Å². The van der Waals surface area contributed by atoms with Crippen LogP contribution in [0.5, 0.6) is 5.75 Å². The van der Waals surface area contributed by atoms with Gasteiger partial charge in [0.25, 0.3) is 11.8 Å². The van der Waals surface area contributed by atoms with Crippen molar-refractivity contribution in [2.24, 2.45) is 0 Å². The minimum absolute atomic E-state index is 0.140. The van der Waals surface area contributed by atoms with Gasteiger partial charge in [-0.1, -0.05) is 43.7 Å². The van der Waals surface area contributed by atoms with Gasteiger partial charge < -0.3 is 15.0 Å². The van der Waals surface area contributed by atoms with E-state index < -0.39 is 5.91 Å². The third-order valence-corrected chi connectivity index (χ3v) is 4.60. The molecule has 0 radical (unpaired) electrons. The molecule has 0 aromatic heterocycles. The van der Waals surface area contributed by atoms with E-state index in [4.69, 9.17) is 4.74 Å². The van der Waals surface area contributed by atoms with Gasteiger partial charge in [0, 0.05) is 12.1 Å². The van der Waals surface area contributed by atoms with Gasteiger partial charge in [-0.15, -0.1) is 0 Å². The first-order chi connectivity index (χ1) is 13.6. The average Bonchev–Trinajstić information content (AvgIpc) is 2.99. The molecule has 142 valence electrons. The number of hydrogen-bond donors (Lipinski definition) is 1. The zero-order valence-corrected chi connectivity index (χ0v) is 15.9. The number of benzene rings is 2. The number of unbranched alkanes of at least 4 members (excludes halogenated alkanes) is 1. The van der Waals surface area contributed by atoms with Crippen LogP contribution in [0.25, 0.3) is 5.57 Å². The predicted octanol–water partition coefficient (Wildman–Crippen LogP) is 3.76. The molecule has 3 rings (SSSR count). The number of ether oxygens (including phenoxy) is 1. The van der Waals surface area contributed by atoms with E-state index in [2.05, 4.69) is 5.32 Å². The van der Waals surface area contributed by atoms with Crippen LogP contribution >= 0.6 is 0 Å². The van der Waals surface area contributed by atoms with Crippen molar-refractivity contribution in [1.82, 2.24) is 0 Å². The molecule has 0 spiro atoms. The number of methoxy groups -OCH3 is 1. The summed E-state index contributed by atoms with van der Waals surface area (Å²) in [5.74, 6) is -0.482. The number of nitriles is 1. The van der Waals surface area contributed by atoms with Crippen molar-refractivity contribution >= 4 is 28.8 Å². The van der Waals surface area contributed by atoms with Gasteiger partial charge in [-0.25, -0.2) is 0 Å². The second kappa shape index (κ2) is 8.40. The minimum Gasteiger partial charge on any atom is -0.495 e. The van der Waals surface area contributed by atoms with Crippen molar-refractivity contribution in [1.29, 1.82) is 5.26 Å². The van der Waals surface area contributed by atoms with E-state index in [0.29, 0.717) is 23.5 Å². The maximum Gasteiger partial charge on any atom is 0.267 e.